The van der Waals surface area contributed by atoms with Gasteiger partial charge in [-0.2, -0.15) is 0 Å². The van der Waals surface area contributed by atoms with Gasteiger partial charge in [-0.05, 0) is 43.7 Å². The summed E-state index contributed by atoms with van der Waals surface area (Å²) in [6.07, 6.45) is 6.93. The van der Waals surface area contributed by atoms with Crippen molar-refractivity contribution < 1.29 is 8.60 Å². The van der Waals surface area contributed by atoms with Crippen molar-refractivity contribution in [1.82, 2.24) is 5.32 Å². The zero-order chi connectivity index (χ0) is 14.4. The van der Waals surface area contributed by atoms with E-state index in [1.54, 1.807) is 12.1 Å². The standard InChI is InChI=1S/C16H24FNOS/c1-2-18-15-7-5-3-4-6-8-16(15)20(19)14-11-9-13(17)10-12-14/h9-12,15-16,18H,2-8H2,1H3. The molecule has 1 saturated carbocycles. The summed E-state index contributed by atoms with van der Waals surface area (Å²) in [5.41, 5.74) is 0. The van der Waals surface area contributed by atoms with E-state index in [1.807, 2.05) is 0 Å². The molecule has 0 radical (unpaired) electrons. The van der Waals surface area contributed by atoms with Crippen LogP contribution in [-0.2, 0) is 10.8 Å². The van der Waals surface area contributed by atoms with Gasteiger partial charge in [0.25, 0.3) is 0 Å². The molecule has 3 atom stereocenters. The van der Waals surface area contributed by atoms with Crippen molar-refractivity contribution in [3.63, 3.8) is 0 Å². The van der Waals surface area contributed by atoms with Gasteiger partial charge < -0.3 is 5.32 Å². The van der Waals surface area contributed by atoms with E-state index in [0.29, 0.717) is 6.04 Å². The highest BCUT2D eigenvalue weighted by Crippen LogP contribution is 2.25. The largest absolute Gasteiger partial charge is 0.313 e. The topological polar surface area (TPSA) is 29.1 Å². The molecule has 1 fully saturated rings. The molecule has 112 valence electrons. The average Bonchev–Trinajstić information content (AvgIpc) is 2.42. The SMILES string of the molecule is CCNC1CCCCCCC1S(=O)c1ccc(F)cc1. The lowest BCUT2D eigenvalue weighted by molar-refractivity contribution is 0.400. The molecule has 4 heteroatoms. The van der Waals surface area contributed by atoms with Crippen LogP contribution in [-0.4, -0.2) is 22.0 Å². The molecular weight excluding hydrogens is 273 g/mol. The Morgan fingerprint density at radius 2 is 1.80 bits per heavy atom. The Balaban J connectivity index is 2.15. The Bertz CT molecular complexity index is 435. The van der Waals surface area contributed by atoms with Crippen LogP contribution in [0.2, 0.25) is 0 Å². The quantitative estimate of drug-likeness (QED) is 0.919. The lowest BCUT2D eigenvalue weighted by Gasteiger charge is -2.29. The Labute approximate surface area is 123 Å². The Morgan fingerprint density at radius 3 is 2.45 bits per heavy atom. The zero-order valence-electron chi connectivity index (χ0n) is 12.1. The molecule has 1 aromatic rings. The highest BCUT2D eigenvalue weighted by molar-refractivity contribution is 7.85. The molecule has 1 aromatic carbocycles. The second-order valence-electron chi connectivity index (χ2n) is 5.45. The van der Waals surface area contributed by atoms with Crippen LogP contribution in [0.4, 0.5) is 4.39 Å². The van der Waals surface area contributed by atoms with Crippen LogP contribution in [0.1, 0.15) is 45.4 Å². The smallest absolute Gasteiger partial charge is 0.123 e. The van der Waals surface area contributed by atoms with Gasteiger partial charge in [0, 0.05) is 10.9 Å². The molecule has 1 aliphatic carbocycles. The number of benzene rings is 1. The maximum atomic E-state index is 13.0. The Morgan fingerprint density at radius 1 is 1.15 bits per heavy atom. The van der Waals surface area contributed by atoms with Crippen molar-refractivity contribution in [1.29, 1.82) is 0 Å². The first-order valence-corrected chi connectivity index (χ1v) is 8.83. The van der Waals surface area contributed by atoms with Crippen molar-refractivity contribution in [3.8, 4) is 0 Å². The fourth-order valence-electron chi connectivity index (χ4n) is 2.95. The summed E-state index contributed by atoms with van der Waals surface area (Å²) in [5, 5.41) is 3.64. The molecule has 3 unspecified atom stereocenters. The van der Waals surface area contributed by atoms with E-state index in [-0.39, 0.29) is 11.1 Å². The molecule has 0 aliphatic heterocycles. The molecule has 1 aliphatic rings. The van der Waals surface area contributed by atoms with Gasteiger partial charge in [0.2, 0.25) is 0 Å². The van der Waals surface area contributed by atoms with Gasteiger partial charge >= 0.3 is 0 Å². The van der Waals surface area contributed by atoms with E-state index >= 15 is 0 Å². The van der Waals surface area contributed by atoms with E-state index in [0.717, 1.165) is 30.7 Å². The van der Waals surface area contributed by atoms with Gasteiger partial charge in [0.15, 0.2) is 0 Å². The third kappa shape index (κ3) is 4.13. The number of hydrogen-bond donors (Lipinski definition) is 1. The molecule has 1 N–H and O–H groups in total. The molecule has 2 rings (SSSR count). The average molecular weight is 297 g/mol. The van der Waals surface area contributed by atoms with Gasteiger partial charge in [-0.15, -0.1) is 0 Å². The minimum Gasteiger partial charge on any atom is -0.313 e. The Hall–Kier alpha value is -0.740. The predicted octanol–water partition coefficient (Wildman–Crippen LogP) is 3.63. The highest BCUT2D eigenvalue weighted by Gasteiger charge is 2.28. The third-order valence-electron chi connectivity index (χ3n) is 3.99. The molecular formula is C16H24FNOS. The summed E-state index contributed by atoms with van der Waals surface area (Å²) in [6, 6.07) is 6.43. The molecule has 0 amide bonds. The van der Waals surface area contributed by atoms with E-state index in [9.17, 15) is 8.60 Å². The molecule has 0 heterocycles. The maximum absolute atomic E-state index is 13.0. The van der Waals surface area contributed by atoms with Crippen LogP contribution in [0.5, 0.6) is 0 Å². The van der Waals surface area contributed by atoms with Crippen LogP contribution in [0.25, 0.3) is 0 Å². The summed E-state index contributed by atoms with van der Waals surface area (Å²) in [4.78, 5) is 0.750. The number of hydrogen-bond acceptors (Lipinski definition) is 2. The minimum atomic E-state index is -1.06. The first kappa shape index (κ1) is 15.6. The summed E-state index contributed by atoms with van der Waals surface area (Å²) in [5.74, 6) is -0.272. The number of nitrogens with one attached hydrogen (secondary N) is 1. The monoisotopic (exact) mass is 297 g/mol. The summed E-state index contributed by atoms with van der Waals surface area (Å²) in [6.45, 7) is 3.00. The lowest BCUT2D eigenvalue weighted by Crippen LogP contribution is -2.42. The molecule has 0 bridgehead atoms. The van der Waals surface area contributed by atoms with Gasteiger partial charge in [0.05, 0.1) is 16.0 Å². The fraction of sp³-hybridized carbons (Fsp3) is 0.625. The molecule has 2 nitrogen and oxygen atoms in total. The lowest BCUT2D eigenvalue weighted by atomic mass is 9.96. The minimum absolute atomic E-state index is 0.140. The van der Waals surface area contributed by atoms with Gasteiger partial charge in [-0.25, -0.2) is 4.39 Å². The second kappa shape index (κ2) is 7.89. The summed E-state index contributed by atoms with van der Waals surface area (Å²) in [7, 11) is -1.06. The van der Waals surface area contributed by atoms with Crippen molar-refractivity contribution in [2.45, 2.75) is 61.6 Å². The summed E-state index contributed by atoms with van der Waals surface area (Å²) >= 11 is 0. The van der Waals surface area contributed by atoms with E-state index in [2.05, 4.69) is 12.2 Å². The summed E-state index contributed by atoms with van der Waals surface area (Å²) < 4.78 is 25.8. The predicted molar refractivity (Wildman–Crippen MR) is 81.8 cm³/mol. The molecule has 0 aromatic heterocycles. The van der Waals surface area contributed by atoms with Crippen molar-refractivity contribution in [3.05, 3.63) is 30.1 Å². The molecule has 20 heavy (non-hydrogen) atoms. The third-order valence-corrected chi connectivity index (χ3v) is 5.84. The van der Waals surface area contributed by atoms with Gasteiger partial charge in [0.1, 0.15) is 5.82 Å². The fourth-order valence-corrected chi connectivity index (χ4v) is 4.61. The van der Waals surface area contributed by atoms with Gasteiger partial charge in [-0.1, -0.05) is 32.6 Å². The second-order valence-corrected chi connectivity index (χ2v) is 7.12. The van der Waals surface area contributed by atoms with Gasteiger partial charge in [-0.3, -0.25) is 4.21 Å². The van der Waals surface area contributed by atoms with E-state index in [4.69, 9.17) is 0 Å². The van der Waals surface area contributed by atoms with Crippen LogP contribution in [0, 0.1) is 5.82 Å². The first-order chi connectivity index (χ1) is 9.72. The van der Waals surface area contributed by atoms with Crippen molar-refractivity contribution >= 4 is 10.8 Å². The zero-order valence-corrected chi connectivity index (χ0v) is 12.9. The normalized spacial score (nSPS) is 25.7. The van der Waals surface area contributed by atoms with Crippen LogP contribution < -0.4 is 5.32 Å². The van der Waals surface area contributed by atoms with Crippen LogP contribution in [0.15, 0.2) is 29.2 Å². The van der Waals surface area contributed by atoms with Crippen molar-refractivity contribution in [2.24, 2.45) is 0 Å². The van der Waals surface area contributed by atoms with Crippen molar-refractivity contribution in [2.75, 3.05) is 6.54 Å². The highest BCUT2D eigenvalue weighted by atomic mass is 32.2. The van der Waals surface area contributed by atoms with E-state index in [1.165, 1.54) is 31.4 Å². The Kier molecular flexibility index (Phi) is 6.17. The number of halogens is 1. The maximum Gasteiger partial charge on any atom is 0.123 e. The van der Waals surface area contributed by atoms with Crippen LogP contribution in [0.3, 0.4) is 0 Å². The van der Waals surface area contributed by atoms with Crippen LogP contribution >= 0.6 is 0 Å². The number of rotatable bonds is 4. The molecule has 0 spiro atoms. The van der Waals surface area contributed by atoms with E-state index < -0.39 is 10.8 Å². The molecule has 0 saturated heterocycles. The first-order valence-electron chi connectivity index (χ1n) is 7.62.